The summed E-state index contributed by atoms with van der Waals surface area (Å²) in [7, 11) is 0. The quantitative estimate of drug-likeness (QED) is 0.832. The van der Waals surface area contributed by atoms with Crippen LogP contribution in [0, 0.1) is 0 Å². The zero-order chi connectivity index (χ0) is 16.0. The number of carbonyl (C=O) groups is 1. The van der Waals surface area contributed by atoms with Gasteiger partial charge in [-0.1, -0.05) is 30.3 Å². The summed E-state index contributed by atoms with van der Waals surface area (Å²) in [5.74, 6) is -0.127. The molecule has 22 heavy (non-hydrogen) atoms. The first kappa shape index (κ1) is 16.9. The van der Waals surface area contributed by atoms with Crippen molar-refractivity contribution in [2.75, 3.05) is 32.8 Å². The maximum absolute atomic E-state index is 12.0. The van der Waals surface area contributed by atoms with Crippen molar-refractivity contribution in [2.24, 2.45) is 0 Å². The topological polar surface area (TPSA) is 61.8 Å². The largest absolute Gasteiger partial charge is 0.388 e. The number of morpholine rings is 1. The molecule has 1 saturated heterocycles. The summed E-state index contributed by atoms with van der Waals surface area (Å²) in [5, 5.41) is 13.0. The zero-order valence-corrected chi connectivity index (χ0v) is 13.4. The predicted octanol–water partition coefficient (Wildman–Crippen LogP) is 1.34. The van der Waals surface area contributed by atoms with Crippen LogP contribution < -0.4 is 5.32 Å². The molecule has 0 bridgehead atoms. The molecule has 1 aliphatic heterocycles. The number of amides is 1. The number of hydrogen-bond acceptors (Lipinski definition) is 4. The van der Waals surface area contributed by atoms with Crippen LogP contribution in [0.1, 0.15) is 31.9 Å². The van der Waals surface area contributed by atoms with E-state index in [1.54, 1.807) is 0 Å². The van der Waals surface area contributed by atoms with Crippen LogP contribution in [0.15, 0.2) is 30.3 Å². The second-order valence-corrected chi connectivity index (χ2v) is 6.32. The zero-order valence-electron chi connectivity index (χ0n) is 13.4. The fourth-order valence-corrected chi connectivity index (χ4v) is 2.64. The Kier molecular flexibility index (Phi) is 5.94. The van der Waals surface area contributed by atoms with E-state index in [1.807, 2.05) is 30.3 Å². The van der Waals surface area contributed by atoms with Gasteiger partial charge >= 0.3 is 0 Å². The highest BCUT2D eigenvalue weighted by Gasteiger charge is 2.28. The van der Waals surface area contributed by atoms with Crippen LogP contribution in [0.5, 0.6) is 0 Å². The second kappa shape index (κ2) is 7.72. The number of aliphatic hydroxyl groups excluding tert-OH is 1. The van der Waals surface area contributed by atoms with Gasteiger partial charge < -0.3 is 15.2 Å². The van der Waals surface area contributed by atoms with E-state index in [9.17, 15) is 9.90 Å². The third-order valence-corrected chi connectivity index (χ3v) is 4.15. The van der Waals surface area contributed by atoms with E-state index in [2.05, 4.69) is 24.1 Å². The highest BCUT2D eigenvalue weighted by molar-refractivity contribution is 5.76. The van der Waals surface area contributed by atoms with E-state index in [0.717, 1.165) is 31.9 Å². The Morgan fingerprint density at radius 3 is 2.59 bits per heavy atom. The van der Waals surface area contributed by atoms with E-state index in [0.29, 0.717) is 6.54 Å². The van der Waals surface area contributed by atoms with Gasteiger partial charge in [-0.05, 0) is 19.4 Å². The molecule has 0 spiro atoms. The first-order valence-corrected chi connectivity index (χ1v) is 7.81. The molecule has 1 heterocycles. The van der Waals surface area contributed by atoms with Crippen molar-refractivity contribution >= 4 is 5.91 Å². The van der Waals surface area contributed by atoms with Gasteiger partial charge in [0.2, 0.25) is 5.91 Å². The fraction of sp³-hybridized carbons (Fsp3) is 0.588. The number of benzene rings is 1. The van der Waals surface area contributed by atoms with Crippen LogP contribution in [-0.4, -0.2) is 54.3 Å². The molecule has 0 saturated carbocycles. The number of nitrogens with one attached hydrogen (secondary N) is 1. The minimum Gasteiger partial charge on any atom is -0.388 e. The molecule has 122 valence electrons. The van der Waals surface area contributed by atoms with E-state index < -0.39 is 6.10 Å². The molecule has 1 fully saturated rings. The fourth-order valence-electron chi connectivity index (χ4n) is 2.64. The van der Waals surface area contributed by atoms with Crippen molar-refractivity contribution in [3.63, 3.8) is 0 Å². The van der Waals surface area contributed by atoms with Gasteiger partial charge in [0.15, 0.2) is 0 Å². The number of carbonyl (C=O) groups excluding carboxylic acids is 1. The maximum Gasteiger partial charge on any atom is 0.223 e. The third kappa shape index (κ3) is 4.80. The molecule has 0 radical (unpaired) electrons. The van der Waals surface area contributed by atoms with Crippen molar-refractivity contribution in [3.05, 3.63) is 35.9 Å². The summed E-state index contributed by atoms with van der Waals surface area (Å²) in [5.41, 5.74) is 0.655. The molecule has 1 amide bonds. The van der Waals surface area contributed by atoms with Crippen LogP contribution in [0.25, 0.3) is 0 Å². The van der Waals surface area contributed by atoms with Crippen LogP contribution in [0.4, 0.5) is 0 Å². The van der Waals surface area contributed by atoms with Crippen LogP contribution in [-0.2, 0) is 9.53 Å². The molecule has 1 aromatic carbocycles. The molecule has 5 nitrogen and oxygen atoms in total. The molecule has 1 atom stereocenters. The van der Waals surface area contributed by atoms with E-state index in [-0.39, 0.29) is 17.9 Å². The van der Waals surface area contributed by atoms with Gasteiger partial charge in [0.1, 0.15) is 0 Å². The van der Waals surface area contributed by atoms with Crippen molar-refractivity contribution < 1.29 is 14.6 Å². The standard InChI is InChI=1S/C17H26N2O3/c1-17(2,19-8-10-22-11-9-19)13-18-16(21)12-15(20)14-6-4-3-5-7-14/h3-7,15,20H,8-13H2,1-2H3,(H,18,21). The lowest BCUT2D eigenvalue weighted by Crippen LogP contribution is -2.55. The summed E-state index contributed by atoms with van der Waals surface area (Å²) >= 11 is 0. The summed E-state index contributed by atoms with van der Waals surface area (Å²) < 4.78 is 5.36. The lowest BCUT2D eigenvalue weighted by molar-refractivity contribution is -0.123. The van der Waals surface area contributed by atoms with Gasteiger partial charge in [0.25, 0.3) is 0 Å². The van der Waals surface area contributed by atoms with Crippen LogP contribution in [0.2, 0.25) is 0 Å². The Hall–Kier alpha value is -1.43. The number of nitrogens with zero attached hydrogens (tertiary/aromatic N) is 1. The number of hydrogen-bond donors (Lipinski definition) is 2. The normalized spacial score (nSPS) is 18.0. The Labute approximate surface area is 132 Å². The number of ether oxygens (including phenoxy) is 1. The minimum absolute atomic E-state index is 0.0865. The number of rotatable bonds is 6. The highest BCUT2D eigenvalue weighted by atomic mass is 16.5. The van der Waals surface area contributed by atoms with E-state index >= 15 is 0 Å². The van der Waals surface area contributed by atoms with Gasteiger partial charge in [0, 0.05) is 25.2 Å². The van der Waals surface area contributed by atoms with E-state index in [4.69, 9.17) is 4.74 Å². The van der Waals surface area contributed by atoms with Gasteiger partial charge in [-0.2, -0.15) is 0 Å². The van der Waals surface area contributed by atoms with Crippen LogP contribution >= 0.6 is 0 Å². The summed E-state index contributed by atoms with van der Waals surface area (Å²) in [4.78, 5) is 14.4. The van der Waals surface area contributed by atoms with Crippen molar-refractivity contribution in [2.45, 2.75) is 31.9 Å². The molecule has 0 aromatic heterocycles. The van der Waals surface area contributed by atoms with Crippen molar-refractivity contribution in [3.8, 4) is 0 Å². The first-order chi connectivity index (χ1) is 10.5. The SMILES string of the molecule is CC(C)(CNC(=O)CC(O)c1ccccc1)N1CCOCC1. The molecule has 2 rings (SSSR count). The van der Waals surface area contributed by atoms with Crippen molar-refractivity contribution in [1.29, 1.82) is 0 Å². The predicted molar refractivity (Wildman–Crippen MR) is 85.5 cm³/mol. The molecule has 0 aliphatic carbocycles. The molecule has 5 heteroatoms. The average molecular weight is 306 g/mol. The molecular weight excluding hydrogens is 280 g/mol. The summed E-state index contributed by atoms with van der Waals surface area (Å²) in [6, 6.07) is 9.27. The maximum atomic E-state index is 12.0. The smallest absolute Gasteiger partial charge is 0.223 e. The third-order valence-electron chi connectivity index (χ3n) is 4.15. The average Bonchev–Trinajstić information content (AvgIpc) is 2.55. The van der Waals surface area contributed by atoms with Gasteiger partial charge in [-0.15, -0.1) is 0 Å². The Balaban J connectivity index is 1.79. The molecular formula is C17H26N2O3. The molecule has 1 aliphatic rings. The lowest BCUT2D eigenvalue weighted by atomic mass is 10.0. The monoisotopic (exact) mass is 306 g/mol. The van der Waals surface area contributed by atoms with E-state index in [1.165, 1.54) is 0 Å². The van der Waals surface area contributed by atoms with Crippen molar-refractivity contribution in [1.82, 2.24) is 10.2 Å². The van der Waals surface area contributed by atoms with Gasteiger partial charge in [-0.25, -0.2) is 0 Å². The van der Waals surface area contributed by atoms with Gasteiger partial charge in [-0.3, -0.25) is 9.69 Å². The minimum atomic E-state index is -0.757. The first-order valence-electron chi connectivity index (χ1n) is 7.81. The lowest BCUT2D eigenvalue weighted by Gasteiger charge is -2.40. The Bertz CT molecular complexity index is 470. The summed E-state index contributed by atoms with van der Waals surface area (Å²) in [6.45, 7) is 8.05. The Morgan fingerprint density at radius 2 is 1.95 bits per heavy atom. The Morgan fingerprint density at radius 1 is 1.32 bits per heavy atom. The molecule has 1 aromatic rings. The second-order valence-electron chi connectivity index (χ2n) is 6.32. The molecule has 1 unspecified atom stereocenters. The number of aliphatic hydroxyl groups is 1. The van der Waals surface area contributed by atoms with Crippen LogP contribution in [0.3, 0.4) is 0 Å². The summed E-state index contributed by atoms with van der Waals surface area (Å²) in [6.07, 6.45) is -0.670. The molecule has 2 N–H and O–H groups in total. The highest BCUT2D eigenvalue weighted by Crippen LogP contribution is 2.17. The van der Waals surface area contributed by atoms with Gasteiger partial charge in [0.05, 0.1) is 25.7 Å².